The first kappa shape index (κ1) is 30.1. The number of ether oxygens (including phenoxy) is 2. The van der Waals surface area contributed by atoms with Crippen LogP contribution in [0, 0.1) is 0 Å². The van der Waals surface area contributed by atoms with Crippen LogP contribution >= 0.6 is 11.6 Å². The third kappa shape index (κ3) is 6.99. The van der Waals surface area contributed by atoms with E-state index < -0.39 is 34.5 Å². The molecule has 0 spiro atoms. The lowest BCUT2D eigenvalue weighted by molar-refractivity contribution is -0.128. The zero-order valence-electron chi connectivity index (χ0n) is 23.4. The third-order valence-corrected chi connectivity index (χ3v) is 8.98. The Morgan fingerprint density at radius 1 is 0.953 bits per heavy atom. The molecule has 2 amide bonds. The smallest absolute Gasteiger partial charge is 0.263 e. The fraction of sp³-hybridized carbons (Fsp3) is 0.188. The SMILES string of the molecule is COc1ccc(Cl)cc1S(=O)(=O)N(CC(=O)N1C[C@@H](C(=O)NCc2ccccc2)Oc2ccccc21)Cc1ccccc1. The number of fused-ring (bicyclic) bond motifs is 1. The summed E-state index contributed by atoms with van der Waals surface area (Å²) in [7, 11) is -2.92. The molecule has 1 aliphatic rings. The molecule has 9 nitrogen and oxygen atoms in total. The van der Waals surface area contributed by atoms with Crippen LogP contribution in [-0.4, -0.2) is 50.8 Å². The Morgan fingerprint density at radius 2 is 1.60 bits per heavy atom. The minimum atomic E-state index is -4.28. The molecule has 1 aliphatic heterocycles. The molecule has 0 bridgehead atoms. The van der Waals surface area contributed by atoms with Gasteiger partial charge in [-0.25, -0.2) is 8.42 Å². The van der Waals surface area contributed by atoms with Gasteiger partial charge in [-0.2, -0.15) is 4.31 Å². The maximum Gasteiger partial charge on any atom is 0.263 e. The molecule has 1 heterocycles. The van der Waals surface area contributed by atoms with Gasteiger partial charge in [-0.3, -0.25) is 9.59 Å². The molecule has 1 atom stereocenters. The fourth-order valence-corrected chi connectivity index (χ4v) is 6.54. The van der Waals surface area contributed by atoms with Crippen molar-refractivity contribution in [2.45, 2.75) is 24.1 Å². The average Bonchev–Trinajstić information content (AvgIpc) is 3.03. The predicted molar refractivity (Wildman–Crippen MR) is 164 cm³/mol. The maximum absolute atomic E-state index is 14.1. The van der Waals surface area contributed by atoms with Crippen LogP contribution in [0.25, 0.3) is 0 Å². The monoisotopic (exact) mass is 619 g/mol. The van der Waals surface area contributed by atoms with Crippen LogP contribution in [0.3, 0.4) is 0 Å². The normalized spacial score (nSPS) is 14.5. The van der Waals surface area contributed by atoms with E-state index in [1.807, 2.05) is 36.4 Å². The molecule has 5 rings (SSSR count). The highest BCUT2D eigenvalue weighted by Gasteiger charge is 2.37. The van der Waals surface area contributed by atoms with E-state index >= 15 is 0 Å². The summed E-state index contributed by atoms with van der Waals surface area (Å²) in [6.07, 6.45) is -1.00. The van der Waals surface area contributed by atoms with Gasteiger partial charge >= 0.3 is 0 Å². The molecule has 4 aromatic rings. The van der Waals surface area contributed by atoms with Crippen LogP contribution in [0.2, 0.25) is 5.02 Å². The Kier molecular flexibility index (Phi) is 9.30. The number of benzene rings is 4. The van der Waals surface area contributed by atoms with Gasteiger partial charge in [0.05, 0.1) is 25.9 Å². The molecule has 0 saturated carbocycles. The van der Waals surface area contributed by atoms with Gasteiger partial charge in [-0.1, -0.05) is 84.4 Å². The number of amides is 2. The molecule has 4 aromatic carbocycles. The quantitative estimate of drug-likeness (QED) is 0.277. The molecule has 43 heavy (non-hydrogen) atoms. The lowest BCUT2D eigenvalue weighted by atomic mass is 10.1. The Bertz CT molecular complexity index is 1700. The van der Waals surface area contributed by atoms with Crippen molar-refractivity contribution in [1.29, 1.82) is 0 Å². The highest BCUT2D eigenvalue weighted by atomic mass is 35.5. The largest absolute Gasteiger partial charge is 0.495 e. The average molecular weight is 620 g/mol. The summed E-state index contributed by atoms with van der Waals surface area (Å²) in [4.78, 5) is 28.4. The van der Waals surface area contributed by atoms with Gasteiger partial charge in [0, 0.05) is 18.1 Å². The minimum Gasteiger partial charge on any atom is -0.495 e. The second kappa shape index (κ2) is 13.3. The van der Waals surface area contributed by atoms with Crippen LogP contribution in [0.5, 0.6) is 11.5 Å². The standard InChI is InChI=1S/C32H30ClN3O6S/c1-41-28-17-16-25(33)18-30(28)43(39,40)35(20-24-12-6-3-7-13-24)22-31(37)36-21-29(42-27-15-9-8-14-26(27)36)32(38)34-19-23-10-4-2-5-11-23/h2-18,29H,19-22H2,1H3,(H,34,38)/t29-/m0/s1. The van der Waals surface area contributed by atoms with E-state index in [2.05, 4.69) is 5.32 Å². The van der Waals surface area contributed by atoms with E-state index in [1.165, 1.54) is 30.2 Å². The number of halogens is 1. The second-order valence-electron chi connectivity index (χ2n) is 9.84. The second-order valence-corrected chi connectivity index (χ2v) is 12.2. The summed E-state index contributed by atoms with van der Waals surface area (Å²) in [6, 6.07) is 29.5. The van der Waals surface area contributed by atoms with Crippen molar-refractivity contribution in [3.05, 3.63) is 119 Å². The molecular formula is C32H30ClN3O6S. The molecule has 11 heteroatoms. The lowest BCUT2D eigenvalue weighted by Crippen LogP contribution is -2.52. The summed E-state index contributed by atoms with van der Waals surface area (Å²) in [6.45, 7) is -0.410. The number of nitrogens with zero attached hydrogens (tertiary/aromatic N) is 2. The topological polar surface area (TPSA) is 105 Å². The van der Waals surface area contributed by atoms with Crippen molar-refractivity contribution >= 4 is 39.1 Å². The third-order valence-electron chi connectivity index (χ3n) is 6.93. The minimum absolute atomic E-state index is 0.0858. The van der Waals surface area contributed by atoms with Crippen LogP contribution in [0.15, 0.2) is 108 Å². The van der Waals surface area contributed by atoms with Gasteiger partial charge in [0.2, 0.25) is 15.9 Å². The van der Waals surface area contributed by atoms with Crippen molar-refractivity contribution in [1.82, 2.24) is 9.62 Å². The Labute approximate surface area is 255 Å². The van der Waals surface area contributed by atoms with Crippen molar-refractivity contribution in [2.24, 2.45) is 0 Å². The molecule has 0 fully saturated rings. The molecule has 222 valence electrons. The summed E-state index contributed by atoms with van der Waals surface area (Å²) >= 11 is 6.17. The number of rotatable bonds is 10. The Hall–Kier alpha value is -4.38. The van der Waals surface area contributed by atoms with E-state index in [0.717, 1.165) is 9.87 Å². The van der Waals surface area contributed by atoms with Crippen molar-refractivity contribution in [2.75, 3.05) is 25.1 Å². The highest BCUT2D eigenvalue weighted by Crippen LogP contribution is 2.35. The number of sulfonamides is 1. The summed E-state index contributed by atoms with van der Waals surface area (Å²) in [5, 5.41) is 3.07. The van der Waals surface area contributed by atoms with Crippen LogP contribution < -0.4 is 19.7 Å². The molecule has 0 unspecified atom stereocenters. The Balaban J connectivity index is 1.43. The zero-order chi connectivity index (χ0) is 30.4. The number of nitrogens with one attached hydrogen (secondary N) is 1. The van der Waals surface area contributed by atoms with Crippen molar-refractivity contribution in [3.63, 3.8) is 0 Å². The summed E-state index contributed by atoms with van der Waals surface area (Å²) < 4.78 is 40.5. The number of methoxy groups -OCH3 is 1. The van der Waals surface area contributed by atoms with Crippen molar-refractivity contribution in [3.8, 4) is 11.5 Å². The van der Waals surface area contributed by atoms with Crippen LogP contribution in [-0.2, 0) is 32.7 Å². The summed E-state index contributed by atoms with van der Waals surface area (Å²) in [5.41, 5.74) is 2.04. The van der Waals surface area contributed by atoms with Gasteiger partial charge in [-0.15, -0.1) is 0 Å². The molecule has 0 aromatic heterocycles. The lowest BCUT2D eigenvalue weighted by Gasteiger charge is -2.35. The molecule has 0 saturated heterocycles. The van der Waals surface area contributed by atoms with Gasteiger partial charge in [0.15, 0.2) is 6.10 Å². The van der Waals surface area contributed by atoms with Crippen LogP contribution in [0.4, 0.5) is 5.69 Å². The predicted octanol–water partition coefficient (Wildman–Crippen LogP) is 4.65. The zero-order valence-corrected chi connectivity index (χ0v) is 24.9. The number of carbonyl (C=O) groups is 2. The first-order valence-electron chi connectivity index (χ1n) is 13.5. The number of hydrogen-bond donors (Lipinski definition) is 1. The number of anilines is 1. The molecule has 0 radical (unpaired) electrons. The van der Waals surface area contributed by atoms with Gasteiger partial charge in [0.1, 0.15) is 16.4 Å². The maximum atomic E-state index is 14.1. The van der Waals surface area contributed by atoms with E-state index in [-0.39, 0.29) is 28.8 Å². The molecule has 0 aliphatic carbocycles. The first-order chi connectivity index (χ1) is 20.8. The molecule has 1 N–H and O–H groups in total. The Morgan fingerprint density at radius 3 is 2.30 bits per heavy atom. The van der Waals surface area contributed by atoms with E-state index in [9.17, 15) is 18.0 Å². The number of para-hydroxylation sites is 2. The van der Waals surface area contributed by atoms with E-state index in [1.54, 1.807) is 48.5 Å². The van der Waals surface area contributed by atoms with Gasteiger partial charge in [-0.05, 0) is 41.5 Å². The van der Waals surface area contributed by atoms with Gasteiger partial charge in [0.25, 0.3) is 5.91 Å². The summed E-state index contributed by atoms with van der Waals surface area (Å²) in [5.74, 6) is -0.483. The van der Waals surface area contributed by atoms with E-state index in [4.69, 9.17) is 21.1 Å². The van der Waals surface area contributed by atoms with Gasteiger partial charge < -0.3 is 19.7 Å². The van der Waals surface area contributed by atoms with Crippen molar-refractivity contribution < 1.29 is 27.5 Å². The number of carbonyl (C=O) groups excluding carboxylic acids is 2. The number of hydrogen-bond acceptors (Lipinski definition) is 6. The molecular weight excluding hydrogens is 590 g/mol. The van der Waals surface area contributed by atoms with E-state index in [0.29, 0.717) is 23.5 Å². The van der Waals surface area contributed by atoms with Crippen LogP contribution in [0.1, 0.15) is 11.1 Å². The fourth-order valence-electron chi connectivity index (χ4n) is 4.75. The highest BCUT2D eigenvalue weighted by molar-refractivity contribution is 7.89. The first-order valence-corrected chi connectivity index (χ1v) is 15.3.